The first-order valence-electron chi connectivity index (χ1n) is 9.67. The van der Waals surface area contributed by atoms with Crippen LogP contribution in [0, 0.1) is 18.6 Å². The lowest BCUT2D eigenvalue weighted by Crippen LogP contribution is -2.44. The number of aromatic nitrogens is 4. The first kappa shape index (κ1) is 18.8. The Bertz CT molecular complexity index is 1350. The Kier molecular flexibility index (Phi) is 4.37. The molecule has 2 unspecified atom stereocenters. The number of pyridine rings is 1. The molecule has 154 valence electrons. The van der Waals surface area contributed by atoms with E-state index in [1.54, 1.807) is 29.8 Å². The smallest absolute Gasteiger partial charge is 0.264 e. The number of aliphatic hydroxyl groups excluding tert-OH is 1. The number of nitrogens with one attached hydrogen (secondary N) is 1. The topological polar surface area (TPSA) is 84.5 Å². The van der Waals surface area contributed by atoms with Crippen molar-refractivity contribution in [3.05, 3.63) is 64.6 Å². The summed E-state index contributed by atoms with van der Waals surface area (Å²) >= 11 is 0. The van der Waals surface area contributed by atoms with Gasteiger partial charge in [0.2, 0.25) is 0 Å². The number of rotatable bonds is 2. The van der Waals surface area contributed by atoms with E-state index in [1.165, 1.54) is 23.0 Å². The van der Waals surface area contributed by atoms with E-state index in [-0.39, 0.29) is 16.6 Å². The Hall–Kier alpha value is -3.17. The molecule has 3 aromatic heterocycles. The molecule has 2 N–H and O–H groups in total. The van der Waals surface area contributed by atoms with Crippen LogP contribution in [0.15, 0.2) is 41.7 Å². The predicted octanol–water partition coefficient (Wildman–Crippen LogP) is 2.19. The fourth-order valence-electron chi connectivity index (χ4n) is 4.06. The molecule has 0 aliphatic carbocycles. The molecule has 0 spiro atoms. The van der Waals surface area contributed by atoms with E-state index in [0.29, 0.717) is 36.3 Å². The van der Waals surface area contributed by atoms with Crippen molar-refractivity contribution in [1.29, 1.82) is 0 Å². The van der Waals surface area contributed by atoms with Crippen LogP contribution in [-0.4, -0.2) is 43.2 Å². The first-order chi connectivity index (χ1) is 14.4. The second kappa shape index (κ2) is 6.96. The minimum atomic E-state index is -0.741. The maximum atomic E-state index is 15.0. The van der Waals surface area contributed by atoms with Gasteiger partial charge in [0.05, 0.1) is 29.7 Å². The van der Waals surface area contributed by atoms with Crippen LogP contribution in [-0.2, 0) is 0 Å². The van der Waals surface area contributed by atoms with Crippen LogP contribution >= 0.6 is 0 Å². The highest BCUT2D eigenvalue weighted by Gasteiger charge is 2.26. The van der Waals surface area contributed by atoms with Gasteiger partial charge in [0.15, 0.2) is 11.5 Å². The summed E-state index contributed by atoms with van der Waals surface area (Å²) in [4.78, 5) is 21.3. The van der Waals surface area contributed by atoms with Gasteiger partial charge in [-0.25, -0.2) is 18.7 Å². The molecule has 9 heteroatoms. The van der Waals surface area contributed by atoms with E-state index in [4.69, 9.17) is 0 Å². The fourth-order valence-corrected chi connectivity index (χ4v) is 4.06. The van der Waals surface area contributed by atoms with Gasteiger partial charge < -0.3 is 14.8 Å². The third-order valence-electron chi connectivity index (χ3n) is 5.57. The van der Waals surface area contributed by atoms with Gasteiger partial charge in [-0.2, -0.15) is 0 Å². The second-order valence-corrected chi connectivity index (χ2v) is 7.63. The van der Waals surface area contributed by atoms with E-state index in [2.05, 4.69) is 15.3 Å². The van der Waals surface area contributed by atoms with Gasteiger partial charge >= 0.3 is 0 Å². The van der Waals surface area contributed by atoms with E-state index < -0.39 is 29.3 Å². The fraction of sp³-hybridized carbons (Fsp3) is 0.286. The summed E-state index contributed by atoms with van der Waals surface area (Å²) < 4.78 is 32.3. The molecule has 7 nitrogen and oxygen atoms in total. The number of halogens is 2. The van der Waals surface area contributed by atoms with Crippen molar-refractivity contribution < 1.29 is 13.9 Å². The molecule has 0 saturated carbocycles. The summed E-state index contributed by atoms with van der Waals surface area (Å²) in [6.45, 7) is 2.82. The molecule has 30 heavy (non-hydrogen) atoms. The molecular formula is C21H19F2N5O2. The van der Waals surface area contributed by atoms with Gasteiger partial charge in [-0.15, -0.1) is 0 Å². The number of hydrogen-bond donors (Lipinski definition) is 2. The third kappa shape index (κ3) is 2.98. The minimum absolute atomic E-state index is 0.154. The average Bonchev–Trinajstić information content (AvgIpc) is 3.09. The quantitative estimate of drug-likeness (QED) is 0.528. The van der Waals surface area contributed by atoms with Crippen LogP contribution < -0.4 is 10.9 Å². The third-order valence-corrected chi connectivity index (χ3v) is 5.57. The molecule has 1 aromatic carbocycles. The maximum absolute atomic E-state index is 15.0. The molecule has 0 radical (unpaired) electrons. The first-order valence-corrected chi connectivity index (χ1v) is 9.67. The van der Waals surface area contributed by atoms with Crippen LogP contribution in [0.4, 0.5) is 8.78 Å². The van der Waals surface area contributed by atoms with Crippen LogP contribution in [0.2, 0.25) is 0 Å². The number of aryl methyl sites for hydroxylation is 1. The number of hydrogen-bond acceptors (Lipinski definition) is 5. The highest BCUT2D eigenvalue weighted by Crippen LogP contribution is 2.27. The summed E-state index contributed by atoms with van der Waals surface area (Å²) in [7, 11) is 0. The van der Waals surface area contributed by atoms with Gasteiger partial charge in [0.1, 0.15) is 11.2 Å². The van der Waals surface area contributed by atoms with Gasteiger partial charge in [-0.1, -0.05) is 0 Å². The zero-order chi connectivity index (χ0) is 21.0. The summed E-state index contributed by atoms with van der Waals surface area (Å²) in [6, 6.07) is 3.54. The number of imidazole rings is 1. The molecular weight excluding hydrogens is 392 g/mol. The Labute approximate surface area is 169 Å². The minimum Gasteiger partial charge on any atom is -0.391 e. The average molecular weight is 411 g/mol. The van der Waals surface area contributed by atoms with E-state index in [0.717, 1.165) is 0 Å². The van der Waals surface area contributed by atoms with Gasteiger partial charge in [0.25, 0.3) is 5.56 Å². The van der Waals surface area contributed by atoms with Crippen molar-refractivity contribution in [3.8, 4) is 11.1 Å². The lowest BCUT2D eigenvalue weighted by Gasteiger charge is -2.29. The van der Waals surface area contributed by atoms with E-state index in [1.807, 2.05) is 0 Å². The number of nitrogens with zero attached hydrogens (tertiary/aromatic N) is 4. The SMILES string of the molecule is Cc1cn2cc(-c3cc(F)c4c(=O)n(C5CNCCC5O)cnc4c3)cc(F)c2n1. The number of benzene rings is 1. The Morgan fingerprint density at radius 1 is 1.17 bits per heavy atom. The molecule has 1 fully saturated rings. The summed E-state index contributed by atoms with van der Waals surface area (Å²) in [5.74, 6) is -1.27. The lowest BCUT2D eigenvalue weighted by atomic mass is 10.0. The largest absolute Gasteiger partial charge is 0.391 e. The molecule has 0 amide bonds. The summed E-state index contributed by atoms with van der Waals surface area (Å²) in [5.41, 5.74) is 1.32. The lowest BCUT2D eigenvalue weighted by molar-refractivity contribution is 0.0823. The normalized spacial score (nSPS) is 19.6. The highest BCUT2D eigenvalue weighted by molar-refractivity contribution is 5.84. The van der Waals surface area contributed by atoms with Crippen molar-refractivity contribution in [1.82, 2.24) is 24.3 Å². The molecule has 2 atom stereocenters. The van der Waals surface area contributed by atoms with E-state index in [9.17, 15) is 14.3 Å². The van der Waals surface area contributed by atoms with Crippen molar-refractivity contribution in [2.45, 2.75) is 25.5 Å². The Morgan fingerprint density at radius 3 is 2.77 bits per heavy atom. The second-order valence-electron chi connectivity index (χ2n) is 7.63. The zero-order valence-corrected chi connectivity index (χ0v) is 16.1. The van der Waals surface area contributed by atoms with Gasteiger partial charge in [-0.3, -0.25) is 9.36 Å². The number of piperidine rings is 1. The molecule has 1 saturated heterocycles. The van der Waals surface area contributed by atoms with Crippen LogP contribution in [0.5, 0.6) is 0 Å². The standard InChI is InChI=1S/C21H19F2N5O2/c1-11-8-27-9-13(5-15(23)20(27)26-11)12-4-14(22)19-16(6-12)25-10-28(21(19)30)17-7-24-3-2-18(17)29/h4-6,8-10,17-18,24,29H,2-3,7H2,1H3. The number of fused-ring (bicyclic) bond motifs is 2. The molecule has 0 bridgehead atoms. The molecule has 5 rings (SSSR count). The zero-order valence-electron chi connectivity index (χ0n) is 16.1. The van der Waals surface area contributed by atoms with Gasteiger partial charge in [-0.05, 0) is 43.7 Å². The summed E-state index contributed by atoms with van der Waals surface area (Å²) in [6.07, 6.45) is 4.46. The van der Waals surface area contributed by atoms with Crippen LogP contribution in [0.25, 0.3) is 27.7 Å². The highest BCUT2D eigenvalue weighted by atomic mass is 19.1. The Morgan fingerprint density at radius 2 is 1.97 bits per heavy atom. The molecule has 4 heterocycles. The van der Waals surface area contributed by atoms with Crippen molar-refractivity contribution in [3.63, 3.8) is 0 Å². The van der Waals surface area contributed by atoms with E-state index >= 15 is 4.39 Å². The van der Waals surface area contributed by atoms with Gasteiger partial charge in [0, 0.05) is 24.5 Å². The van der Waals surface area contributed by atoms with Crippen LogP contribution in [0.3, 0.4) is 0 Å². The molecule has 1 aliphatic rings. The number of aliphatic hydroxyl groups is 1. The Balaban J connectivity index is 1.64. The molecule has 1 aliphatic heterocycles. The van der Waals surface area contributed by atoms with Crippen molar-refractivity contribution in [2.24, 2.45) is 0 Å². The monoisotopic (exact) mass is 411 g/mol. The van der Waals surface area contributed by atoms with Crippen molar-refractivity contribution >= 4 is 16.6 Å². The summed E-state index contributed by atoms with van der Waals surface area (Å²) in [5, 5.41) is 13.2. The molecule has 4 aromatic rings. The van der Waals surface area contributed by atoms with Crippen molar-refractivity contribution in [2.75, 3.05) is 13.1 Å². The van der Waals surface area contributed by atoms with Crippen LogP contribution in [0.1, 0.15) is 18.2 Å². The predicted molar refractivity (Wildman–Crippen MR) is 107 cm³/mol. The maximum Gasteiger partial charge on any atom is 0.264 e.